The van der Waals surface area contributed by atoms with Crippen LogP contribution in [0.5, 0.6) is 23.0 Å². The van der Waals surface area contributed by atoms with Crippen LogP contribution in [-0.2, 0) is 30.9 Å². The number of likely N-dealkylation sites (N-methyl/N-ethyl adjacent to an activating group) is 2. The van der Waals surface area contributed by atoms with E-state index < -0.39 is 45.1 Å². The quantitative estimate of drug-likeness (QED) is 0.00971. The number of anilines is 8. The summed E-state index contributed by atoms with van der Waals surface area (Å²) in [6.07, 6.45) is 0.980. The lowest BCUT2D eigenvalue weighted by molar-refractivity contribution is -0.384. The first-order valence-electron chi connectivity index (χ1n) is 49.4. The van der Waals surface area contributed by atoms with Crippen LogP contribution in [0.2, 0.25) is 0 Å². The molecule has 0 unspecified atom stereocenters. The van der Waals surface area contributed by atoms with Gasteiger partial charge in [0.05, 0.1) is 32.9 Å². The Kier molecular flexibility index (Phi) is 42.3. The van der Waals surface area contributed by atoms with Gasteiger partial charge in [-0.25, -0.2) is 24.7 Å². The normalized spacial score (nSPS) is 20.2. The Morgan fingerprint density at radius 2 is 0.658 bits per heavy atom. The number of halogens is 12. The zero-order valence-electron chi connectivity index (χ0n) is 82.5. The number of benzene rings is 4. The third kappa shape index (κ3) is 37.1. The average molecular weight is 2110 g/mol. The number of aliphatic hydroxyl groups is 1. The summed E-state index contributed by atoms with van der Waals surface area (Å²) in [5.41, 5.74) is -0.143. The molecular formula is C95H125F12N27O15. The molecule has 1 amide bonds. The van der Waals surface area contributed by atoms with E-state index in [1.165, 1.54) is 72.8 Å². The van der Waals surface area contributed by atoms with Crippen LogP contribution in [0.15, 0.2) is 122 Å². The van der Waals surface area contributed by atoms with Crippen molar-refractivity contribution in [3.05, 3.63) is 185 Å². The highest BCUT2D eigenvalue weighted by Crippen LogP contribution is 2.39. The number of piperazine rings is 3. The largest absolute Gasteiger partial charge is 0.573 e. The second kappa shape index (κ2) is 55.2. The van der Waals surface area contributed by atoms with E-state index in [1.807, 2.05) is 7.05 Å². The summed E-state index contributed by atoms with van der Waals surface area (Å²) in [5.74, 6) is 0.432. The zero-order chi connectivity index (χ0) is 107. The van der Waals surface area contributed by atoms with Gasteiger partial charge in [0, 0.05) is 184 Å². The third-order valence-corrected chi connectivity index (χ3v) is 27.1. The van der Waals surface area contributed by atoms with Crippen molar-refractivity contribution in [2.75, 3.05) is 181 Å². The van der Waals surface area contributed by atoms with Gasteiger partial charge in [0.25, 0.3) is 0 Å². The Labute approximate surface area is 850 Å². The highest BCUT2D eigenvalue weighted by atomic mass is 19.4. The maximum Gasteiger partial charge on any atom is 0.573 e. The van der Waals surface area contributed by atoms with Crippen LogP contribution in [0.1, 0.15) is 132 Å². The number of hydrogen-bond donors (Lipinski definition) is 10. The number of hydrogen-bond acceptors (Lipinski definition) is 37. The van der Waals surface area contributed by atoms with Crippen LogP contribution < -0.4 is 66.8 Å². The van der Waals surface area contributed by atoms with Crippen molar-refractivity contribution >= 4 is 75.9 Å². The molecule has 0 atom stereocenters. The molecule has 4 aromatic heterocycles. The van der Waals surface area contributed by atoms with Crippen LogP contribution >= 0.6 is 0 Å². The number of carbonyl (C=O) groups excluding carboxylic acids is 1. The number of nitrogens with one attached hydrogen (secondary N) is 9. The Morgan fingerprint density at radius 1 is 0.396 bits per heavy atom. The number of rotatable bonds is 39. The van der Waals surface area contributed by atoms with Crippen molar-refractivity contribution in [2.45, 2.75) is 185 Å². The fraction of sp³-hybridized carbons (Fsp3) is 0.568. The highest BCUT2D eigenvalue weighted by Gasteiger charge is 2.39. The SMILES string of the molecule is CCOC(=O)N1CCN(C2CCC(CNc3nc(NCc4ccccc4OC(F)(F)F)ncc3[N+](=O)[O-])CC2)CC1.CN(CCO)C1CCC(CNc2nc(NCc3ccccc3OC(F)(F)F)ncc2[N+](=O)[O-])CC1.CN1CCN(C2CCC(CNc3nc(NCc4ccccc4OC(F)(F)F)ncc3[N+](=O)[O-])CC2)CC1.O=[N+]([O-])c1cnc(NCc2ccccc2OC(F)(F)F)nc1NCC1CCC(N2CCNCC2)CC1. The van der Waals surface area contributed by atoms with E-state index in [9.17, 15) is 97.9 Å². The van der Waals surface area contributed by atoms with Gasteiger partial charge in [-0.2, -0.15) is 19.9 Å². The number of carbonyl (C=O) groups is 1. The van der Waals surface area contributed by atoms with E-state index in [4.69, 9.17) is 9.84 Å². The summed E-state index contributed by atoms with van der Waals surface area (Å²) in [4.78, 5) is 102. The molecule has 4 aromatic carbocycles. The Hall–Kier alpha value is -13.5. The van der Waals surface area contributed by atoms with Crippen LogP contribution in [0, 0.1) is 64.1 Å². The lowest BCUT2D eigenvalue weighted by Crippen LogP contribution is -2.52. The fourth-order valence-electron chi connectivity index (χ4n) is 19.0. The summed E-state index contributed by atoms with van der Waals surface area (Å²) in [6, 6.07) is 24.8. The van der Waals surface area contributed by atoms with E-state index in [1.54, 1.807) is 36.1 Å². The van der Waals surface area contributed by atoms with Crippen molar-refractivity contribution in [3.63, 3.8) is 0 Å². The number of aromatic nitrogens is 8. The van der Waals surface area contributed by atoms with Gasteiger partial charge < -0.3 is 91.3 Å². The second-order valence-corrected chi connectivity index (χ2v) is 37.0. The predicted octanol–water partition coefficient (Wildman–Crippen LogP) is 16.3. The minimum Gasteiger partial charge on any atom is -0.450 e. The molecule has 3 saturated heterocycles. The lowest BCUT2D eigenvalue weighted by Gasteiger charge is -2.41. The van der Waals surface area contributed by atoms with Gasteiger partial charge in [0.2, 0.25) is 47.1 Å². The zero-order valence-corrected chi connectivity index (χ0v) is 82.5. The van der Waals surface area contributed by atoms with Crippen molar-refractivity contribution in [1.82, 2.24) is 74.6 Å². The molecule has 54 heteroatoms. The van der Waals surface area contributed by atoms with Crippen LogP contribution in [-0.4, -0.2) is 288 Å². The maximum absolute atomic E-state index is 12.7. The smallest absolute Gasteiger partial charge is 0.450 e. The molecule has 7 heterocycles. The van der Waals surface area contributed by atoms with E-state index in [-0.39, 0.29) is 154 Å². The molecular weight excluding hydrogens is 1990 g/mol. The van der Waals surface area contributed by atoms with Gasteiger partial charge in [-0.15, -0.1) is 52.7 Å². The van der Waals surface area contributed by atoms with E-state index in [0.29, 0.717) is 100 Å². The molecule has 0 bridgehead atoms. The van der Waals surface area contributed by atoms with Gasteiger partial charge in [-0.3, -0.25) is 55.2 Å². The van der Waals surface area contributed by atoms with Crippen molar-refractivity contribution in [3.8, 4) is 23.0 Å². The number of para-hydroxylation sites is 4. The van der Waals surface area contributed by atoms with Crippen LogP contribution in [0.4, 0.5) is 127 Å². The molecule has 3 aliphatic heterocycles. The van der Waals surface area contributed by atoms with E-state index in [0.717, 1.165) is 193 Å². The first kappa shape index (κ1) is 114. The number of nitrogens with zero attached hydrogens (tertiary/aromatic N) is 18. The minimum absolute atomic E-state index is 0.0329. The van der Waals surface area contributed by atoms with Crippen molar-refractivity contribution in [1.29, 1.82) is 0 Å². The number of amides is 1. The highest BCUT2D eigenvalue weighted by molar-refractivity contribution is 5.68. The molecule has 10 N–H and O–H groups in total. The van der Waals surface area contributed by atoms with Gasteiger partial charge >= 0.3 is 54.3 Å². The molecule has 7 fully saturated rings. The molecule has 15 rings (SSSR count). The predicted molar refractivity (Wildman–Crippen MR) is 527 cm³/mol. The van der Waals surface area contributed by atoms with Crippen molar-refractivity contribution < 1.29 is 106 Å². The number of alkyl halides is 12. The molecule has 0 radical (unpaired) electrons. The summed E-state index contributed by atoms with van der Waals surface area (Å²) in [6.45, 7) is 16.2. The second-order valence-electron chi connectivity index (χ2n) is 37.0. The molecule has 4 saturated carbocycles. The van der Waals surface area contributed by atoms with Gasteiger partial charge in [0.1, 0.15) is 47.8 Å². The number of nitro groups is 4. The number of ether oxygens (including phenoxy) is 5. The Morgan fingerprint density at radius 3 is 0.919 bits per heavy atom. The topological polar surface area (TPSA) is 487 Å². The average Bonchev–Trinajstić information content (AvgIpc) is 0.834. The maximum atomic E-state index is 12.7. The summed E-state index contributed by atoms with van der Waals surface area (Å²) < 4.78 is 173. The molecule has 42 nitrogen and oxygen atoms in total. The molecule has 7 aliphatic rings. The fourth-order valence-corrected chi connectivity index (χ4v) is 19.0. The monoisotopic (exact) mass is 2110 g/mol. The summed E-state index contributed by atoms with van der Waals surface area (Å²) >= 11 is 0. The molecule has 149 heavy (non-hydrogen) atoms. The molecule has 8 aromatic rings. The third-order valence-electron chi connectivity index (χ3n) is 27.1. The molecule has 814 valence electrons. The van der Waals surface area contributed by atoms with Gasteiger partial charge in [-0.1, -0.05) is 72.8 Å². The van der Waals surface area contributed by atoms with E-state index >= 15 is 0 Å². The standard InChI is InChI=1S/C26H34F3N7O5.C24H32F3N7O3.C23H30F3N7O3.C22H29F3N6O4/c1-2-40-25(37)35-13-11-34(12-14-35)20-9-7-18(8-10-20)15-30-23-21(36(38)39)17-32-24(33-23)31-16-19-5-3-4-6-22(19)41-26(27,28)29;1-32-10-12-33(13-11-32)19-8-6-17(7-9-19)14-28-22-20(34(35)36)16-30-23(31-22)29-15-18-4-2-3-5-21(18)37-24(25,26)27;24-23(25,26)36-20-4-2-1-3-17(20)14-29-22-30-15-19(33(34)35)21(31-22)28-13-16-5-7-18(8-6-16)32-11-9-27-10-12-32;1-30(10-11-32)17-8-6-15(7-9-17)12-26-20-18(31(33)34)14-28-21(29-20)27-13-16-4-2-3-5-19(16)35-22(23,24)25/h3-6,17-18,20H,2,7-16H2,1H3,(H2,30,31,32,33);2-5,16-17,19H,6-15H2,1H3,(H2,28,29,30,31);1-4,15-16,18,27H,5-14H2,(H2,28,29,30,31);2-5,14-15,17,32H,6-13H2,1H3,(H2,26,27,28,29). The van der Waals surface area contributed by atoms with Crippen LogP contribution in [0.25, 0.3) is 0 Å². The summed E-state index contributed by atoms with van der Waals surface area (Å²) in [5, 5.41) is 82.2. The van der Waals surface area contributed by atoms with Crippen molar-refractivity contribution in [2.24, 2.45) is 23.7 Å². The minimum atomic E-state index is -4.84. The van der Waals surface area contributed by atoms with Gasteiger partial charge in [0.15, 0.2) is 0 Å². The first-order chi connectivity index (χ1) is 71.2. The number of aliphatic hydroxyl groups excluding tert-OH is 1. The first-order valence-corrected chi connectivity index (χ1v) is 49.4. The Balaban J connectivity index is 0.000000177. The lowest BCUT2D eigenvalue weighted by atomic mass is 9.85. The molecule has 0 spiro atoms. The summed E-state index contributed by atoms with van der Waals surface area (Å²) in [7, 11) is 4.14. The van der Waals surface area contributed by atoms with Gasteiger partial charge in [-0.05, 0) is 172 Å². The Bertz CT molecular complexity index is 5590. The van der Waals surface area contributed by atoms with Crippen LogP contribution in [0.3, 0.4) is 0 Å². The molecule has 4 aliphatic carbocycles. The van der Waals surface area contributed by atoms with E-state index in [2.05, 4.69) is 138 Å².